The molecule has 32 heavy (non-hydrogen) atoms. The quantitative estimate of drug-likeness (QED) is 0.281. The van der Waals surface area contributed by atoms with E-state index in [9.17, 15) is 9.59 Å². The van der Waals surface area contributed by atoms with Crippen molar-refractivity contribution in [3.8, 4) is 22.9 Å². The topological polar surface area (TPSA) is 95.3 Å². The number of thioether (sulfide) groups is 1. The second-order valence-electron chi connectivity index (χ2n) is 6.75. The molecule has 0 unspecified atom stereocenters. The van der Waals surface area contributed by atoms with Crippen LogP contribution in [0.4, 0.5) is 5.69 Å². The lowest BCUT2D eigenvalue weighted by atomic mass is 10.1. The summed E-state index contributed by atoms with van der Waals surface area (Å²) >= 11 is 1.26. The molecule has 0 spiro atoms. The summed E-state index contributed by atoms with van der Waals surface area (Å²) in [6, 6.07) is 12.3. The Hall–Kier alpha value is -3.59. The fourth-order valence-corrected chi connectivity index (χ4v) is 3.77. The zero-order valence-electron chi connectivity index (χ0n) is 18.1. The average molecular weight is 453 g/mol. The van der Waals surface area contributed by atoms with Gasteiger partial charge in [0.25, 0.3) is 0 Å². The Kier molecular flexibility index (Phi) is 7.67. The number of anilines is 1. The molecule has 1 aromatic heterocycles. The second kappa shape index (κ2) is 10.6. The molecule has 0 radical (unpaired) electrons. The maximum absolute atomic E-state index is 12.4. The van der Waals surface area contributed by atoms with Crippen LogP contribution in [-0.2, 0) is 11.3 Å². The van der Waals surface area contributed by atoms with Crippen LogP contribution in [0.5, 0.6) is 11.5 Å². The molecule has 1 amide bonds. The van der Waals surface area contributed by atoms with Gasteiger partial charge >= 0.3 is 0 Å². The minimum Gasteiger partial charge on any atom is -0.493 e. The fourth-order valence-electron chi connectivity index (χ4n) is 3.02. The molecule has 166 valence electrons. The lowest BCUT2D eigenvalue weighted by Crippen LogP contribution is -2.15. The Labute approximate surface area is 190 Å². The number of aromatic nitrogens is 3. The molecule has 1 N–H and O–H groups in total. The van der Waals surface area contributed by atoms with E-state index in [1.807, 2.05) is 16.7 Å². The Bertz CT molecular complexity index is 1140. The van der Waals surface area contributed by atoms with Crippen LogP contribution in [-0.4, -0.2) is 46.4 Å². The van der Waals surface area contributed by atoms with Gasteiger partial charge in [0.15, 0.2) is 28.3 Å². The van der Waals surface area contributed by atoms with Crippen LogP contribution in [0.2, 0.25) is 0 Å². The number of rotatable bonds is 10. The van der Waals surface area contributed by atoms with Gasteiger partial charge in [-0.1, -0.05) is 30.0 Å². The van der Waals surface area contributed by atoms with Crippen LogP contribution >= 0.6 is 11.8 Å². The molecule has 0 aliphatic carbocycles. The first-order valence-electron chi connectivity index (χ1n) is 9.77. The first kappa shape index (κ1) is 23.1. The van der Waals surface area contributed by atoms with Gasteiger partial charge in [-0.2, -0.15) is 0 Å². The summed E-state index contributed by atoms with van der Waals surface area (Å²) in [5.74, 6) is 1.69. The maximum Gasteiger partial charge on any atom is 0.234 e. The highest BCUT2D eigenvalue weighted by Crippen LogP contribution is 2.33. The summed E-state index contributed by atoms with van der Waals surface area (Å²) in [6.07, 6.45) is 1.74. The molecule has 8 nitrogen and oxygen atoms in total. The first-order chi connectivity index (χ1) is 15.5. The third-order valence-electron chi connectivity index (χ3n) is 4.56. The molecule has 0 aliphatic heterocycles. The van der Waals surface area contributed by atoms with Gasteiger partial charge in [-0.25, -0.2) is 0 Å². The summed E-state index contributed by atoms with van der Waals surface area (Å²) in [4.78, 5) is 24.0. The lowest BCUT2D eigenvalue weighted by Gasteiger charge is -2.11. The van der Waals surface area contributed by atoms with E-state index < -0.39 is 0 Å². The standard InChI is InChI=1S/C23H24N4O4S/c1-5-11-27-22(17-9-10-19(30-3)20(13-17)31-4)25-26-23(27)32-14-21(29)24-18-8-6-7-16(12-18)15(2)28/h5-10,12-13H,1,11,14H2,2-4H3,(H,24,29). The van der Waals surface area contributed by atoms with Crippen molar-refractivity contribution in [1.82, 2.24) is 14.8 Å². The molecule has 2 aromatic carbocycles. The Balaban J connectivity index is 1.76. The van der Waals surface area contributed by atoms with Crippen molar-refractivity contribution in [3.05, 3.63) is 60.7 Å². The monoisotopic (exact) mass is 452 g/mol. The zero-order chi connectivity index (χ0) is 23.1. The number of methoxy groups -OCH3 is 2. The number of hydrogen-bond donors (Lipinski definition) is 1. The van der Waals surface area contributed by atoms with Crippen LogP contribution in [0.25, 0.3) is 11.4 Å². The van der Waals surface area contributed by atoms with Crippen molar-refractivity contribution in [2.45, 2.75) is 18.6 Å². The van der Waals surface area contributed by atoms with Gasteiger partial charge in [0.05, 0.1) is 20.0 Å². The van der Waals surface area contributed by atoms with Crippen molar-refractivity contribution in [2.75, 3.05) is 25.3 Å². The van der Waals surface area contributed by atoms with E-state index in [0.717, 1.165) is 5.56 Å². The van der Waals surface area contributed by atoms with E-state index in [4.69, 9.17) is 9.47 Å². The van der Waals surface area contributed by atoms with Crippen LogP contribution < -0.4 is 14.8 Å². The molecule has 1 heterocycles. The number of ether oxygens (including phenoxy) is 2. The van der Waals surface area contributed by atoms with Gasteiger partial charge in [0.2, 0.25) is 5.91 Å². The van der Waals surface area contributed by atoms with E-state index in [-0.39, 0.29) is 17.4 Å². The number of carbonyl (C=O) groups is 2. The predicted octanol–water partition coefficient (Wildman–Crippen LogP) is 4.08. The average Bonchev–Trinajstić information content (AvgIpc) is 3.20. The zero-order valence-corrected chi connectivity index (χ0v) is 18.9. The summed E-state index contributed by atoms with van der Waals surface area (Å²) in [7, 11) is 3.15. The summed E-state index contributed by atoms with van der Waals surface area (Å²) in [5, 5.41) is 12.0. The van der Waals surface area contributed by atoms with Gasteiger partial charge < -0.3 is 14.8 Å². The molecule has 9 heteroatoms. The molecule has 0 saturated heterocycles. The highest BCUT2D eigenvalue weighted by molar-refractivity contribution is 7.99. The Morgan fingerprint density at radius 3 is 2.59 bits per heavy atom. The second-order valence-corrected chi connectivity index (χ2v) is 7.69. The largest absolute Gasteiger partial charge is 0.493 e. The van der Waals surface area contributed by atoms with Crippen LogP contribution in [0.1, 0.15) is 17.3 Å². The van der Waals surface area contributed by atoms with Crippen LogP contribution in [0, 0.1) is 0 Å². The molecular formula is C23H24N4O4S. The van der Waals surface area contributed by atoms with Gasteiger partial charge in [0, 0.05) is 23.4 Å². The summed E-state index contributed by atoms with van der Waals surface area (Å²) < 4.78 is 12.6. The normalized spacial score (nSPS) is 10.5. The number of benzene rings is 2. The van der Waals surface area contributed by atoms with E-state index in [1.54, 1.807) is 50.6 Å². The molecule has 0 aliphatic rings. The molecular weight excluding hydrogens is 428 g/mol. The predicted molar refractivity (Wildman–Crippen MR) is 125 cm³/mol. The third kappa shape index (κ3) is 5.36. The number of allylic oxidation sites excluding steroid dienone is 1. The number of carbonyl (C=O) groups excluding carboxylic acids is 2. The van der Waals surface area contributed by atoms with Gasteiger partial charge in [-0.05, 0) is 37.3 Å². The van der Waals surface area contributed by atoms with E-state index in [2.05, 4.69) is 22.1 Å². The fraction of sp³-hybridized carbons (Fsp3) is 0.217. The number of Topliss-reactive ketones (excluding diaryl/α,β-unsaturated/α-hetero) is 1. The van der Waals surface area contributed by atoms with E-state index in [0.29, 0.717) is 40.3 Å². The molecule has 3 rings (SSSR count). The first-order valence-corrected chi connectivity index (χ1v) is 10.8. The van der Waals surface area contributed by atoms with Crippen molar-refractivity contribution < 1.29 is 19.1 Å². The molecule has 0 saturated carbocycles. The number of nitrogens with zero attached hydrogens (tertiary/aromatic N) is 3. The molecule has 3 aromatic rings. The van der Waals surface area contributed by atoms with Crippen molar-refractivity contribution >= 4 is 29.1 Å². The third-order valence-corrected chi connectivity index (χ3v) is 5.52. The van der Waals surface area contributed by atoms with Crippen LogP contribution in [0.3, 0.4) is 0 Å². The van der Waals surface area contributed by atoms with E-state index >= 15 is 0 Å². The number of nitrogens with one attached hydrogen (secondary N) is 1. The van der Waals surface area contributed by atoms with E-state index in [1.165, 1.54) is 18.7 Å². The Morgan fingerprint density at radius 1 is 1.12 bits per heavy atom. The van der Waals surface area contributed by atoms with Crippen molar-refractivity contribution in [3.63, 3.8) is 0 Å². The number of amides is 1. The minimum atomic E-state index is -0.212. The highest BCUT2D eigenvalue weighted by atomic mass is 32.2. The smallest absolute Gasteiger partial charge is 0.234 e. The highest BCUT2D eigenvalue weighted by Gasteiger charge is 2.17. The minimum absolute atomic E-state index is 0.0595. The Morgan fingerprint density at radius 2 is 1.91 bits per heavy atom. The SMILES string of the molecule is C=CCn1c(SCC(=O)Nc2cccc(C(C)=O)c2)nnc1-c1ccc(OC)c(OC)c1. The molecule has 0 fully saturated rings. The lowest BCUT2D eigenvalue weighted by molar-refractivity contribution is -0.113. The summed E-state index contributed by atoms with van der Waals surface area (Å²) in [5.41, 5.74) is 1.91. The maximum atomic E-state index is 12.4. The molecule has 0 atom stereocenters. The van der Waals surface area contributed by atoms with Gasteiger partial charge in [-0.15, -0.1) is 16.8 Å². The molecule has 0 bridgehead atoms. The number of ketones is 1. The van der Waals surface area contributed by atoms with Gasteiger partial charge in [0.1, 0.15) is 0 Å². The van der Waals surface area contributed by atoms with Gasteiger partial charge in [-0.3, -0.25) is 14.2 Å². The van der Waals surface area contributed by atoms with Crippen molar-refractivity contribution in [1.29, 1.82) is 0 Å². The van der Waals surface area contributed by atoms with Crippen LogP contribution in [0.15, 0.2) is 60.3 Å². The summed E-state index contributed by atoms with van der Waals surface area (Å²) in [6.45, 7) is 5.77. The number of hydrogen-bond acceptors (Lipinski definition) is 7. The van der Waals surface area contributed by atoms with Crippen molar-refractivity contribution in [2.24, 2.45) is 0 Å².